The van der Waals surface area contributed by atoms with E-state index >= 15 is 0 Å². The average Bonchev–Trinajstić information content (AvgIpc) is 1.67. The van der Waals surface area contributed by atoms with Crippen LogP contribution >= 0.6 is 23.2 Å². The highest BCUT2D eigenvalue weighted by Gasteiger charge is 1.95. The molecule has 0 N–H and O–H groups in total. The van der Waals surface area contributed by atoms with Gasteiger partial charge in [0.05, 0.1) is 0 Å². The first-order chi connectivity index (χ1) is 3.68. The van der Waals surface area contributed by atoms with Gasteiger partial charge in [0.1, 0.15) is 0 Å². The summed E-state index contributed by atoms with van der Waals surface area (Å²) in [6.07, 6.45) is 1.77. The van der Waals surface area contributed by atoms with Crippen molar-refractivity contribution in [1.29, 1.82) is 0 Å². The minimum Gasteiger partial charge on any atom is -0.0933 e. The third-order valence-corrected chi connectivity index (χ3v) is 1.35. The predicted molar refractivity (Wildman–Crippen MR) is 39.2 cm³/mol. The van der Waals surface area contributed by atoms with E-state index in [0.717, 1.165) is 0 Å². The van der Waals surface area contributed by atoms with Crippen molar-refractivity contribution in [3.05, 3.63) is 23.2 Å². The van der Waals surface area contributed by atoms with Gasteiger partial charge in [0.25, 0.3) is 0 Å². The van der Waals surface area contributed by atoms with Gasteiger partial charge in [-0.15, -0.1) is 0 Å². The van der Waals surface area contributed by atoms with Crippen LogP contribution < -0.4 is 0 Å². The molecule has 0 aliphatic heterocycles. The van der Waals surface area contributed by atoms with Crippen LogP contribution in [0.3, 0.4) is 0 Å². The molecule has 0 fully saturated rings. The van der Waals surface area contributed by atoms with Gasteiger partial charge in [-0.1, -0.05) is 42.8 Å². The molecule has 1 unspecified atom stereocenters. The fourth-order valence-electron chi connectivity index (χ4n) is 0.214. The van der Waals surface area contributed by atoms with Gasteiger partial charge in [-0.2, -0.15) is 0 Å². The SMILES string of the molecule is C=C(Cl)C(C)/C=C/Cl. The van der Waals surface area contributed by atoms with Gasteiger partial charge < -0.3 is 0 Å². The first-order valence-electron chi connectivity index (χ1n) is 2.29. The van der Waals surface area contributed by atoms with Crippen molar-refractivity contribution in [2.45, 2.75) is 6.92 Å². The van der Waals surface area contributed by atoms with E-state index < -0.39 is 0 Å². The molecule has 0 aromatic heterocycles. The zero-order valence-electron chi connectivity index (χ0n) is 4.70. The summed E-state index contributed by atoms with van der Waals surface area (Å²) in [5.41, 5.74) is 1.44. The van der Waals surface area contributed by atoms with Gasteiger partial charge in [0, 0.05) is 16.5 Å². The Hall–Kier alpha value is 0.0600. The summed E-state index contributed by atoms with van der Waals surface area (Å²) in [5.74, 6) is 0.175. The van der Waals surface area contributed by atoms with Gasteiger partial charge in [0.2, 0.25) is 0 Å². The lowest BCUT2D eigenvalue weighted by Gasteiger charge is -1.98. The number of hydrogen-bond donors (Lipinski definition) is 0. The molecule has 0 amide bonds. The molecule has 0 saturated heterocycles. The van der Waals surface area contributed by atoms with E-state index in [1.54, 1.807) is 6.08 Å². The average molecular weight is 151 g/mol. The van der Waals surface area contributed by atoms with E-state index in [1.807, 2.05) is 6.92 Å². The van der Waals surface area contributed by atoms with Gasteiger partial charge in [-0.05, 0) is 0 Å². The highest BCUT2D eigenvalue weighted by atomic mass is 35.5. The second-order valence-electron chi connectivity index (χ2n) is 1.55. The molecule has 2 heteroatoms. The molecule has 0 saturated carbocycles. The van der Waals surface area contributed by atoms with Crippen molar-refractivity contribution in [1.82, 2.24) is 0 Å². The van der Waals surface area contributed by atoms with Crippen molar-refractivity contribution in [2.24, 2.45) is 5.92 Å². The first kappa shape index (κ1) is 8.06. The molecule has 0 rings (SSSR count). The molecule has 0 heterocycles. The molecule has 0 aromatic rings. The number of allylic oxidation sites excluding steroid dienone is 2. The van der Waals surface area contributed by atoms with E-state index in [2.05, 4.69) is 6.58 Å². The third-order valence-electron chi connectivity index (χ3n) is 0.855. The lowest BCUT2D eigenvalue weighted by atomic mass is 10.2. The molecule has 0 bridgehead atoms. The maximum atomic E-state index is 5.50. The molecule has 46 valence electrons. The van der Waals surface area contributed by atoms with Crippen LogP contribution in [0, 0.1) is 5.92 Å². The molecular formula is C6H8Cl2. The van der Waals surface area contributed by atoms with E-state index in [1.165, 1.54) is 5.54 Å². The minimum absolute atomic E-state index is 0.175. The fourth-order valence-corrected chi connectivity index (χ4v) is 0.504. The van der Waals surface area contributed by atoms with Gasteiger partial charge in [0.15, 0.2) is 0 Å². The van der Waals surface area contributed by atoms with Crippen LogP contribution in [-0.4, -0.2) is 0 Å². The van der Waals surface area contributed by atoms with E-state index in [0.29, 0.717) is 5.03 Å². The molecule has 0 radical (unpaired) electrons. The Kier molecular flexibility index (Phi) is 4.02. The second-order valence-corrected chi connectivity index (χ2v) is 2.29. The maximum absolute atomic E-state index is 5.50. The molecule has 0 aliphatic carbocycles. The number of hydrogen-bond acceptors (Lipinski definition) is 0. The highest BCUT2D eigenvalue weighted by Crippen LogP contribution is 2.13. The van der Waals surface area contributed by atoms with Crippen LogP contribution in [0.1, 0.15) is 6.92 Å². The summed E-state index contributed by atoms with van der Waals surface area (Å²) in [6, 6.07) is 0. The summed E-state index contributed by atoms with van der Waals surface area (Å²) in [4.78, 5) is 0. The van der Waals surface area contributed by atoms with E-state index in [-0.39, 0.29) is 5.92 Å². The maximum Gasteiger partial charge on any atom is 0.0175 e. The minimum atomic E-state index is 0.175. The van der Waals surface area contributed by atoms with Crippen LogP contribution in [-0.2, 0) is 0 Å². The van der Waals surface area contributed by atoms with Crippen molar-refractivity contribution >= 4 is 23.2 Å². The summed E-state index contributed by atoms with van der Waals surface area (Å²) in [6.45, 7) is 5.45. The van der Waals surface area contributed by atoms with Crippen LogP contribution in [0.4, 0.5) is 0 Å². The van der Waals surface area contributed by atoms with E-state index in [9.17, 15) is 0 Å². The smallest absolute Gasteiger partial charge is 0.0175 e. The molecule has 8 heavy (non-hydrogen) atoms. The monoisotopic (exact) mass is 150 g/mol. The van der Waals surface area contributed by atoms with Gasteiger partial charge in [-0.25, -0.2) is 0 Å². The zero-order chi connectivity index (χ0) is 6.57. The Balaban J connectivity index is 3.64. The quantitative estimate of drug-likeness (QED) is 0.568. The van der Waals surface area contributed by atoms with Crippen molar-refractivity contribution in [3.8, 4) is 0 Å². The summed E-state index contributed by atoms with van der Waals surface area (Å²) < 4.78 is 0. The lowest BCUT2D eigenvalue weighted by molar-refractivity contribution is 0.925. The van der Waals surface area contributed by atoms with Crippen LogP contribution in [0.15, 0.2) is 23.2 Å². The van der Waals surface area contributed by atoms with Crippen molar-refractivity contribution < 1.29 is 0 Å². The van der Waals surface area contributed by atoms with Crippen LogP contribution in [0.25, 0.3) is 0 Å². The Labute approximate surface area is 59.8 Å². The Morgan fingerprint density at radius 2 is 2.25 bits per heavy atom. The van der Waals surface area contributed by atoms with E-state index in [4.69, 9.17) is 23.2 Å². The Morgan fingerprint density at radius 1 is 1.75 bits per heavy atom. The second kappa shape index (κ2) is 3.99. The standard InChI is InChI=1S/C6H8Cl2/c1-5(3-4-7)6(2)8/h3-5H,2H2,1H3/b4-3+. The van der Waals surface area contributed by atoms with Gasteiger partial charge >= 0.3 is 0 Å². The first-order valence-corrected chi connectivity index (χ1v) is 3.11. The predicted octanol–water partition coefficient (Wildman–Crippen LogP) is 3.13. The van der Waals surface area contributed by atoms with Crippen LogP contribution in [0.5, 0.6) is 0 Å². The number of rotatable bonds is 2. The van der Waals surface area contributed by atoms with Crippen molar-refractivity contribution in [2.75, 3.05) is 0 Å². The Bertz CT molecular complexity index is 105. The number of halogens is 2. The summed E-state index contributed by atoms with van der Waals surface area (Å²) in [7, 11) is 0. The highest BCUT2D eigenvalue weighted by molar-refractivity contribution is 6.30. The molecule has 1 atom stereocenters. The lowest BCUT2D eigenvalue weighted by Crippen LogP contribution is -1.84. The summed E-state index contributed by atoms with van der Waals surface area (Å²) >= 11 is 10.8. The topological polar surface area (TPSA) is 0 Å². The molecule has 0 aromatic carbocycles. The summed E-state index contributed by atoms with van der Waals surface area (Å²) in [5, 5.41) is 0.613. The Morgan fingerprint density at radius 3 is 2.38 bits per heavy atom. The molecule has 0 aliphatic rings. The molecule has 0 nitrogen and oxygen atoms in total. The fraction of sp³-hybridized carbons (Fsp3) is 0.333. The third kappa shape index (κ3) is 3.11. The van der Waals surface area contributed by atoms with Crippen molar-refractivity contribution in [3.63, 3.8) is 0 Å². The molecule has 0 spiro atoms. The largest absolute Gasteiger partial charge is 0.0933 e. The van der Waals surface area contributed by atoms with Gasteiger partial charge in [-0.3, -0.25) is 0 Å². The zero-order valence-corrected chi connectivity index (χ0v) is 6.21. The normalized spacial score (nSPS) is 14.4. The van der Waals surface area contributed by atoms with Crippen LogP contribution in [0.2, 0.25) is 0 Å². The molecular weight excluding hydrogens is 143 g/mol.